The van der Waals surface area contributed by atoms with Crippen molar-refractivity contribution in [2.75, 3.05) is 0 Å². The Morgan fingerprint density at radius 2 is 2.11 bits per heavy atom. The van der Waals surface area contributed by atoms with Crippen molar-refractivity contribution in [1.82, 2.24) is 9.78 Å². The topological polar surface area (TPSA) is 38.1 Å². The van der Waals surface area contributed by atoms with Crippen molar-refractivity contribution in [2.24, 2.45) is 0 Å². The fraction of sp³-hybridized carbons (Fsp3) is 0.462. The molecule has 5 heteroatoms. The molecule has 0 spiro atoms. The van der Waals surface area contributed by atoms with E-state index in [1.807, 2.05) is 10.7 Å². The molecule has 0 saturated heterocycles. The predicted octanol–water partition coefficient (Wildman–Crippen LogP) is 3.55. The van der Waals surface area contributed by atoms with Gasteiger partial charge in [-0.2, -0.15) is 5.10 Å². The van der Waals surface area contributed by atoms with Crippen LogP contribution in [0.2, 0.25) is 0 Å². The van der Waals surface area contributed by atoms with Gasteiger partial charge in [0.15, 0.2) is 0 Å². The van der Waals surface area contributed by atoms with Crippen LogP contribution in [0.4, 0.5) is 4.39 Å². The summed E-state index contributed by atoms with van der Waals surface area (Å²) in [4.78, 5) is 0. The third kappa shape index (κ3) is 1.86. The van der Waals surface area contributed by atoms with Crippen molar-refractivity contribution in [3.8, 4) is 0 Å². The average molecular weight is 313 g/mol. The molecule has 1 aliphatic carbocycles. The summed E-state index contributed by atoms with van der Waals surface area (Å²) in [6, 6.07) is 3.55. The van der Waals surface area contributed by atoms with Crippen LogP contribution in [-0.4, -0.2) is 14.9 Å². The highest BCUT2D eigenvalue weighted by atomic mass is 79.9. The Kier molecular flexibility index (Phi) is 3.11. The number of benzene rings is 1. The van der Waals surface area contributed by atoms with E-state index in [2.05, 4.69) is 21.0 Å². The number of halogens is 2. The SMILES string of the molecule is OCc1cc(F)c2c(Br)nn(C3CCCC3)c2c1. The molecule has 96 valence electrons. The quantitative estimate of drug-likeness (QED) is 0.921. The van der Waals surface area contributed by atoms with Gasteiger partial charge in [0.05, 0.1) is 23.6 Å². The minimum absolute atomic E-state index is 0.152. The van der Waals surface area contributed by atoms with Crippen LogP contribution in [-0.2, 0) is 6.61 Å². The van der Waals surface area contributed by atoms with Crippen LogP contribution in [0.5, 0.6) is 0 Å². The maximum Gasteiger partial charge on any atom is 0.138 e. The van der Waals surface area contributed by atoms with Gasteiger partial charge >= 0.3 is 0 Å². The number of hydrogen-bond donors (Lipinski definition) is 1. The molecule has 0 unspecified atom stereocenters. The number of aliphatic hydroxyl groups is 1. The normalized spacial score (nSPS) is 16.8. The van der Waals surface area contributed by atoms with Crippen LogP contribution in [0.1, 0.15) is 37.3 Å². The predicted molar refractivity (Wildman–Crippen MR) is 70.8 cm³/mol. The van der Waals surface area contributed by atoms with E-state index >= 15 is 0 Å². The van der Waals surface area contributed by atoms with Crippen LogP contribution < -0.4 is 0 Å². The highest BCUT2D eigenvalue weighted by Gasteiger charge is 2.22. The molecule has 1 N–H and O–H groups in total. The second-order valence-electron chi connectivity index (χ2n) is 4.80. The first-order valence-electron chi connectivity index (χ1n) is 6.17. The molecule has 3 rings (SSSR count). The molecule has 1 aromatic carbocycles. The van der Waals surface area contributed by atoms with Crippen LogP contribution in [0.25, 0.3) is 10.9 Å². The van der Waals surface area contributed by atoms with Crippen molar-refractivity contribution in [2.45, 2.75) is 38.3 Å². The van der Waals surface area contributed by atoms with Gasteiger partial charge in [0.1, 0.15) is 10.4 Å². The van der Waals surface area contributed by atoms with E-state index in [0.29, 0.717) is 21.6 Å². The number of fused-ring (bicyclic) bond motifs is 1. The third-order valence-electron chi connectivity index (χ3n) is 3.63. The lowest BCUT2D eigenvalue weighted by Crippen LogP contribution is -2.06. The van der Waals surface area contributed by atoms with Gasteiger partial charge in [0.25, 0.3) is 0 Å². The summed E-state index contributed by atoms with van der Waals surface area (Å²) in [5.41, 5.74) is 1.37. The van der Waals surface area contributed by atoms with Gasteiger partial charge in [0, 0.05) is 0 Å². The largest absolute Gasteiger partial charge is 0.392 e. The first-order chi connectivity index (χ1) is 8.70. The summed E-state index contributed by atoms with van der Waals surface area (Å²) in [5.74, 6) is -0.326. The maximum atomic E-state index is 14.0. The smallest absolute Gasteiger partial charge is 0.138 e. The number of aromatic nitrogens is 2. The van der Waals surface area contributed by atoms with E-state index in [1.54, 1.807) is 0 Å². The van der Waals surface area contributed by atoms with Gasteiger partial charge in [0.2, 0.25) is 0 Å². The standard InChI is InChI=1S/C13H14BrFN2O/c14-13-12-10(15)5-8(7-18)6-11(12)17(16-13)9-3-1-2-4-9/h5-6,9,18H,1-4,7H2. The minimum Gasteiger partial charge on any atom is -0.392 e. The molecule has 1 saturated carbocycles. The molecule has 0 radical (unpaired) electrons. The summed E-state index contributed by atoms with van der Waals surface area (Å²) < 4.78 is 16.5. The Balaban J connectivity index is 2.22. The van der Waals surface area contributed by atoms with E-state index < -0.39 is 0 Å². The summed E-state index contributed by atoms with van der Waals surface area (Å²) in [6.07, 6.45) is 4.58. The first-order valence-corrected chi connectivity index (χ1v) is 6.97. The van der Waals surface area contributed by atoms with E-state index in [1.165, 1.54) is 18.9 Å². The molecule has 0 atom stereocenters. The van der Waals surface area contributed by atoms with Gasteiger partial charge in [-0.3, -0.25) is 4.68 Å². The van der Waals surface area contributed by atoms with Crippen molar-refractivity contribution in [1.29, 1.82) is 0 Å². The minimum atomic E-state index is -0.326. The van der Waals surface area contributed by atoms with Crippen LogP contribution in [0, 0.1) is 5.82 Å². The first kappa shape index (κ1) is 12.1. The molecule has 1 aromatic heterocycles. The Labute approximate surface area is 113 Å². The van der Waals surface area contributed by atoms with Gasteiger partial charge in [-0.1, -0.05) is 12.8 Å². The van der Waals surface area contributed by atoms with E-state index in [9.17, 15) is 9.50 Å². The van der Waals surface area contributed by atoms with Gasteiger partial charge in [-0.05, 0) is 46.5 Å². The lowest BCUT2D eigenvalue weighted by Gasteiger charge is -2.11. The summed E-state index contributed by atoms with van der Waals surface area (Å²) in [6.45, 7) is -0.152. The van der Waals surface area contributed by atoms with Gasteiger partial charge < -0.3 is 5.11 Å². The zero-order chi connectivity index (χ0) is 12.7. The van der Waals surface area contributed by atoms with Crippen molar-refractivity contribution < 1.29 is 9.50 Å². The van der Waals surface area contributed by atoms with E-state index in [4.69, 9.17) is 0 Å². The molecule has 3 nitrogen and oxygen atoms in total. The lowest BCUT2D eigenvalue weighted by atomic mass is 10.1. The molecule has 0 amide bonds. The number of rotatable bonds is 2. The van der Waals surface area contributed by atoms with Crippen LogP contribution in [0.15, 0.2) is 16.7 Å². The Morgan fingerprint density at radius 1 is 1.39 bits per heavy atom. The van der Waals surface area contributed by atoms with Gasteiger partial charge in [-0.25, -0.2) is 4.39 Å². The summed E-state index contributed by atoms with van der Waals surface area (Å²) in [5, 5.41) is 14.1. The maximum absolute atomic E-state index is 14.0. The number of hydrogen-bond acceptors (Lipinski definition) is 2. The fourth-order valence-electron chi connectivity index (χ4n) is 2.75. The molecule has 0 aliphatic heterocycles. The monoisotopic (exact) mass is 312 g/mol. The average Bonchev–Trinajstić information content (AvgIpc) is 2.96. The molecular formula is C13H14BrFN2O. The Bertz CT molecular complexity index is 590. The molecule has 1 heterocycles. The van der Waals surface area contributed by atoms with E-state index in [-0.39, 0.29) is 12.4 Å². The second-order valence-corrected chi connectivity index (χ2v) is 5.55. The number of nitrogens with zero attached hydrogens (tertiary/aromatic N) is 2. The molecule has 1 aliphatic rings. The second kappa shape index (κ2) is 4.63. The van der Waals surface area contributed by atoms with E-state index in [0.717, 1.165) is 18.4 Å². The van der Waals surface area contributed by atoms with Crippen molar-refractivity contribution >= 4 is 26.8 Å². The van der Waals surface area contributed by atoms with Crippen LogP contribution >= 0.6 is 15.9 Å². The third-order valence-corrected chi connectivity index (χ3v) is 4.19. The molecule has 2 aromatic rings. The molecule has 1 fully saturated rings. The van der Waals surface area contributed by atoms with Gasteiger partial charge in [-0.15, -0.1) is 0 Å². The number of aliphatic hydroxyl groups excluding tert-OH is 1. The van der Waals surface area contributed by atoms with Crippen molar-refractivity contribution in [3.05, 3.63) is 28.1 Å². The zero-order valence-electron chi connectivity index (χ0n) is 9.87. The molecule has 0 bridgehead atoms. The fourth-order valence-corrected chi connectivity index (χ4v) is 3.31. The highest BCUT2D eigenvalue weighted by Crippen LogP contribution is 2.35. The van der Waals surface area contributed by atoms with Crippen LogP contribution in [0.3, 0.4) is 0 Å². The molecule has 18 heavy (non-hydrogen) atoms. The lowest BCUT2D eigenvalue weighted by molar-refractivity contribution is 0.281. The Morgan fingerprint density at radius 3 is 2.78 bits per heavy atom. The summed E-state index contributed by atoms with van der Waals surface area (Å²) >= 11 is 3.33. The summed E-state index contributed by atoms with van der Waals surface area (Å²) in [7, 11) is 0. The highest BCUT2D eigenvalue weighted by molar-refractivity contribution is 9.10. The molecular weight excluding hydrogens is 299 g/mol. The zero-order valence-corrected chi connectivity index (χ0v) is 11.5. The van der Waals surface area contributed by atoms with Crippen molar-refractivity contribution in [3.63, 3.8) is 0 Å². The Hall–Kier alpha value is -0.940.